The summed E-state index contributed by atoms with van der Waals surface area (Å²) in [5, 5.41) is 3.56. The van der Waals surface area contributed by atoms with Crippen LogP contribution in [0.1, 0.15) is 50.3 Å². The molecule has 19 heavy (non-hydrogen) atoms. The molecule has 0 aromatic heterocycles. The molecule has 1 unspecified atom stereocenters. The van der Waals surface area contributed by atoms with Crippen LogP contribution in [-0.2, 0) is 11.3 Å². The Morgan fingerprint density at radius 2 is 2.00 bits per heavy atom. The van der Waals surface area contributed by atoms with Crippen molar-refractivity contribution in [3.8, 4) is 5.75 Å². The van der Waals surface area contributed by atoms with E-state index in [1.807, 2.05) is 6.07 Å². The van der Waals surface area contributed by atoms with Gasteiger partial charge in [0, 0.05) is 18.7 Å². The molecular formula is C16H27NO2. The van der Waals surface area contributed by atoms with Crippen LogP contribution < -0.4 is 10.1 Å². The highest BCUT2D eigenvalue weighted by atomic mass is 16.5. The third kappa shape index (κ3) is 5.21. The molecule has 0 spiro atoms. The minimum Gasteiger partial charge on any atom is -0.496 e. The lowest BCUT2D eigenvalue weighted by molar-refractivity contribution is 0.181. The van der Waals surface area contributed by atoms with E-state index in [0.29, 0.717) is 12.6 Å². The summed E-state index contributed by atoms with van der Waals surface area (Å²) in [6.07, 6.45) is 3.79. The van der Waals surface area contributed by atoms with Crippen molar-refractivity contribution in [2.75, 3.05) is 20.8 Å². The Hall–Kier alpha value is -1.06. The standard InChI is InChI=1S/C16H27NO2/c1-5-6-7-10-17-13(2)14-8-9-16(19-4)15(11-14)12-18-3/h8-9,11,13,17H,5-7,10,12H2,1-4H3. The Kier molecular flexibility index (Phi) is 7.53. The predicted molar refractivity (Wildman–Crippen MR) is 79.6 cm³/mol. The number of hydrogen-bond acceptors (Lipinski definition) is 3. The molecule has 1 N–H and O–H groups in total. The van der Waals surface area contributed by atoms with Gasteiger partial charge < -0.3 is 14.8 Å². The van der Waals surface area contributed by atoms with Gasteiger partial charge in [0.25, 0.3) is 0 Å². The van der Waals surface area contributed by atoms with Gasteiger partial charge >= 0.3 is 0 Å². The van der Waals surface area contributed by atoms with Crippen LogP contribution in [0.3, 0.4) is 0 Å². The van der Waals surface area contributed by atoms with E-state index in [2.05, 4.69) is 31.3 Å². The Balaban J connectivity index is 2.63. The van der Waals surface area contributed by atoms with Crippen molar-refractivity contribution < 1.29 is 9.47 Å². The highest BCUT2D eigenvalue weighted by molar-refractivity contribution is 5.38. The summed E-state index contributed by atoms with van der Waals surface area (Å²) in [6.45, 7) is 6.08. The van der Waals surface area contributed by atoms with Crippen molar-refractivity contribution >= 4 is 0 Å². The molecule has 3 heteroatoms. The Morgan fingerprint density at radius 1 is 1.21 bits per heavy atom. The van der Waals surface area contributed by atoms with Gasteiger partial charge in [0.1, 0.15) is 5.75 Å². The maximum absolute atomic E-state index is 5.35. The molecule has 0 aliphatic rings. The quantitative estimate of drug-likeness (QED) is 0.691. The summed E-state index contributed by atoms with van der Waals surface area (Å²) in [4.78, 5) is 0. The molecule has 1 rings (SSSR count). The van der Waals surface area contributed by atoms with Crippen LogP contribution in [0.2, 0.25) is 0 Å². The minimum atomic E-state index is 0.360. The van der Waals surface area contributed by atoms with Gasteiger partial charge in [-0.25, -0.2) is 0 Å². The molecule has 1 aromatic rings. The van der Waals surface area contributed by atoms with Crippen LogP contribution in [0.15, 0.2) is 18.2 Å². The van der Waals surface area contributed by atoms with Gasteiger partial charge in [-0.05, 0) is 37.6 Å². The summed E-state index contributed by atoms with van der Waals surface area (Å²) in [7, 11) is 3.40. The van der Waals surface area contributed by atoms with Gasteiger partial charge in [-0.1, -0.05) is 25.8 Å². The van der Waals surface area contributed by atoms with Crippen molar-refractivity contribution in [1.82, 2.24) is 5.32 Å². The van der Waals surface area contributed by atoms with Crippen molar-refractivity contribution in [2.24, 2.45) is 0 Å². The van der Waals surface area contributed by atoms with Crippen molar-refractivity contribution in [3.63, 3.8) is 0 Å². The van der Waals surface area contributed by atoms with E-state index in [-0.39, 0.29) is 0 Å². The maximum atomic E-state index is 5.35. The lowest BCUT2D eigenvalue weighted by atomic mass is 10.0. The summed E-state index contributed by atoms with van der Waals surface area (Å²) in [6, 6.07) is 6.67. The second kappa shape index (κ2) is 8.94. The second-order valence-electron chi connectivity index (χ2n) is 4.89. The van der Waals surface area contributed by atoms with Crippen molar-refractivity contribution in [2.45, 2.75) is 45.8 Å². The molecule has 0 amide bonds. The first-order chi connectivity index (χ1) is 9.22. The fourth-order valence-electron chi connectivity index (χ4n) is 2.15. The van der Waals surface area contributed by atoms with Crippen LogP contribution in [-0.4, -0.2) is 20.8 Å². The molecular weight excluding hydrogens is 238 g/mol. The zero-order chi connectivity index (χ0) is 14.1. The van der Waals surface area contributed by atoms with Gasteiger partial charge in [-0.2, -0.15) is 0 Å². The number of hydrogen-bond donors (Lipinski definition) is 1. The fourth-order valence-corrected chi connectivity index (χ4v) is 2.15. The normalized spacial score (nSPS) is 12.4. The molecule has 3 nitrogen and oxygen atoms in total. The van der Waals surface area contributed by atoms with E-state index in [0.717, 1.165) is 17.9 Å². The first-order valence-electron chi connectivity index (χ1n) is 7.12. The third-order valence-corrected chi connectivity index (χ3v) is 3.34. The van der Waals surface area contributed by atoms with E-state index in [4.69, 9.17) is 9.47 Å². The maximum Gasteiger partial charge on any atom is 0.124 e. The molecule has 0 aliphatic heterocycles. The monoisotopic (exact) mass is 265 g/mol. The molecule has 1 atom stereocenters. The molecule has 108 valence electrons. The minimum absolute atomic E-state index is 0.360. The zero-order valence-electron chi connectivity index (χ0n) is 12.7. The molecule has 0 aliphatic carbocycles. The highest BCUT2D eigenvalue weighted by Gasteiger charge is 2.09. The van der Waals surface area contributed by atoms with E-state index < -0.39 is 0 Å². The highest BCUT2D eigenvalue weighted by Crippen LogP contribution is 2.24. The van der Waals surface area contributed by atoms with Crippen molar-refractivity contribution in [1.29, 1.82) is 0 Å². The number of nitrogens with one attached hydrogen (secondary N) is 1. The Labute approximate surface area is 117 Å². The number of rotatable bonds is 9. The summed E-state index contributed by atoms with van der Waals surface area (Å²) in [5.41, 5.74) is 2.38. The number of unbranched alkanes of at least 4 members (excludes halogenated alkanes) is 2. The van der Waals surface area contributed by atoms with Crippen LogP contribution in [0, 0.1) is 0 Å². The fraction of sp³-hybridized carbons (Fsp3) is 0.625. The number of methoxy groups -OCH3 is 2. The SMILES string of the molecule is CCCCCNC(C)c1ccc(OC)c(COC)c1. The third-order valence-electron chi connectivity index (χ3n) is 3.34. The van der Waals surface area contributed by atoms with E-state index in [1.54, 1.807) is 14.2 Å². The average Bonchev–Trinajstić information content (AvgIpc) is 2.43. The smallest absolute Gasteiger partial charge is 0.124 e. The van der Waals surface area contributed by atoms with Gasteiger partial charge in [0.05, 0.1) is 13.7 Å². The van der Waals surface area contributed by atoms with E-state index >= 15 is 0 Å². The van der Waals surface area contributed by atoms with E-state index in [1.165, 1.54) is 24.8 Å². The Morgan fingerprint density at radius 3 is 2.63 bits per heavy atom. The van der Waals surface area contributed by atoms with Gasteiger partial charge in [-0.3, -0.25) is 0 Å². The molecule has 0 radical (unpaired) electrons. The summed E-state index contributed by atoms with van der Waals surface area (Å²) < 4.78 is 10.6. The van der Waals surface area contributed by atoms with Crippen LogP contribution in [0.5, 0.6) is 5.75 Å². The van der Waals surface area contributed by atoms with Crippen LogP contribution in [0.4, 0.5) is 0 Å². The average molecular weight is 265 g/mol. The lowest BCUT2D eigenvalue weighted by Gasteiger charge is -2.17. The number of ether oxygens (including phenoxy) is 2. The molecule has 1 aromatic carbocycles. The molecule has 0 heterocycles. The number of benzene rings is 1. The topological polar surface area (TPSA) is 30.5 Å². The first-order valence-corrected chi connectivity index (χ1v) is 7.12. The molecule has 0 saturated carbocycles. The zero-order valence-corrected chi connectivity index (χ0v) is 12.7. The first kappa shape index (κ1) is 16.0. The van der Waals surface area contributed by atoms with Gasteiger partial charge in [0.2, 0.25) is 0 Å². The summed E-state index contributed by atoms with van der Waals surface area (Å²) >= 11 is 0. The second-order valence-corrected chi connectivity index (χ2v) is 4.89. The molecule has 0 fully saturated rings. The van der Waals surface area contributed by atoms with Gasteiger partial charge in [0.15, 0.2) is 0 Å². The van der Waals surface area contributed by atoms with Gasteiger partial charge in [-0.15, -0.1) is 0 Å². The van der Waals surface area contributed by atoms with Crippen LogP contribution in [0.25, 0.3) is 0 Å². The van der Waals surface area contributed by atoms with E-state index in [9.17, 15) is 0 Å². The summed E-state index contributed by atoms with van der Waals surface area (Å²) in [5.74, 6) is 0.892. The molecule has 0 bridgehead atoms. The Bertz CT molecular complexity index is 366. The largest absolute Gasteiger partial charge is 0.496 e. The lowest BCUT2D eigenvalue weighted by Crippen LogP contribution is -2.20. The van der Waals surface area contributed by atoms with Crippen molar-refractivity contribution in [3.05, 3.63) is 29.3 Å². The van der Waals surface area contributed by atoms with Crippen LogP contribution >= 0.6 is 0 Å². The molecule has 0 saturated heterocycles. The predicted octanol–water partition coefficient (Wildman–Crippen LogP) is 3.68.